The van der Waals surface area contributed by atoms with E-state index in [-0.39, 0.29) is 5.41 Å². The molecule has 2 unspecified atom stereocenters. The zero-order valence-corrected chi connectivity index (χ0v) is 14.7. The molecule has 3 atom stereocenters. The molecule has 0 amide bonds. The standard InChI is InChI=1S/C21H31NO/c1-4-11-21-12-7-6-8-18(21)20(22(3)13-5-2)14-16-9-10-17(23)15-19(16)21/h5,9-10,15,18,20,23H,2,4,6-8,11-14H2,1,3H3/t18?,20?,21-/m0/s1. The highest BCUT2D eigenvalue weighted by Gasteiger charge is 2.49. The lowest BCUT2D eigenvalue weighted by atomic mass is 9.54. The molecule has 0 radical (unpaired) electrons. The lowest BCUT2D eigenvalue weighted by Gasteiger charge is -2.54. The summed E-state index contributed by atoms with van der Waals surface area (Å²) in [4.78, 5) is 2.50. The fourth-order valence-electron chi connectivity index (χ4n) is 5.43. The van der Waals surface area contributed by atoms with Crippen molar-refractivity contribution in [3.63, 3.8) is 0 Å². The first-order chi connectivity index (χ1) is 11.1. The van der Waals surface area contributed by atoms with Crippen molar-refractivity contribution in [2.45, 2.75) is 63.3 Å². The van der Waals surface area contributed by atoms with Gasteiger partial charge in [-0.2, -0.15) is 0 Å². The molecule has 23 heavy (non-hydrogen) atoms. The van der Waals surface area contributed by atoms with Gasteiger partial charge in [0.1, 0.15) is 5.75 Å². The van der Waals surface area contributed by atoms with Crippen LogP contribution in [-0.4, -0.2) is 29.6 Å². The Labute approximate surface area is 141 Å². The van der Waals surface area contributed by atoms with E-state index in [0.717, 1.165) is 13.0 Å². The summed E-state index contributed by atoms with van der Waals surface area (Å²) >= 11 is 0. The van der Waals surface area contributed by atoms with E-state index in [0.29, 0.717) is 17.7 Å². The van der Waals surface area contributed by atoms with Crippen LogP contribution in [0.15, 0.2) is 30.9 Å². The van der Waals surface area contributed by atoms with Gasteiger partial charge in [-0.15, -0.1) is 6.58 Å². The molecule has 2 heteroatoms. The summed E-state index contributed by atoms with van der Waals surface area (Å²) in [5, 5.41) is 10.1. The van der Waals surface area contributed by atoms with Crippen LogP contribution in [-0.2, 0) is 11.8 Å². The normalized spacial score (nSPS) is 29.9. The van der Waals surface area contributed by atoms with Crippen molar-refractivity contribution in [2.75, 3.05) is 13.6 Å². The Kier molecular flexibility index (Phi) is 4.82. The second kappa shape index (κ2) is 6.68. The van der Waals surface area contributed by atoms with Gasteiger partial charge in [-0.3, -0.25) is 4.90 Å². The fraction of sp³-hybridized carbons (Fsp3) is 0.619. The highest BCUT2D eigenvalue weighted by Crippen LogP contribution is 2.54. The first kappa shape index (κ1) is 16.6. The van der Waals surface area contributed by atoms with Gasteiger partial charge < -0.3 is 5.11 Å². The summed E-state index contributed by atoms with van der Waals surface area (Å²) in [6.07, 6.45) is 10.9. The third-order valence-electron chi connectivity index (χ3n) is 6.30. The van der Waals surface area contributed by atoms with Crippen LogP contribution in [0.5, 0.6) is 5.75 Å². The predicted octanol–water partition coefficient (Wildman–Crippen LogP) is 4.66. The predicted molar refractivity (Wildman–Crippen MR) is 97.0 cm³/mol. The van der Waals surface area contributed by atoms with E-state index in [4.69, 9.17) is 0 Å². The van der Waals surface area contributed by atoms with Crippen LogP contribution in [0.2, 0.25) is 0 Å². The van der Waals surface area contributed by atoms with Gasteiger partial charge in [-0.05, 0) is 61.9 Å². The number of hydrogen-bond donors (Lipinski definition) is 1. The quantitative estimate of drug-likeness (QED) is 0.799. The molecule has 1 N–H and O–H groups in total. The SMILES string of the molecule is C=CCN(C)C1Cc2ccc(O)cc2[C@@]2(CCC)CCCCC12. The van der Waals surface area contributed by atoms with Gasteiger partial charge in [-0.1, -0.05) is 38.3 Å². The van der Waals surface area contributed by atoms with Gasteiger partial charge in [0.25, 0.3) is 0 Å². The Balaban J connectivity index is 2.09. The summed E-state index contributed by atoms with van der Waals surface area (Å²) in [5.41, 5.74) is 3.17. The van der Waals surface area contributed by atoms with Crippen molar-refractivity contribution in [3.05, 3.63) is 42.0 Å². The van der Waals surface area contributed by atoms with E-state index in [2.05, 4.69) is 37.6 Å². The molecule has 3 rings (SSSR count). The topological polar surface area (TPSA) is 23.5 Å². The summed E-state index contributed by atoms with van der Waals surface area (Å²) in [5.74, 6) is 1.14. The molecule has 2 aliphatic carbocycles. The molecule has 2 aliphatic rings. The highest BCUT2D eigenvalue weighted by molar-refractivity contribution is 5.44. The monoisotopic (exact) mass is 313 g/mol. The maximum Gasteiger partial charge on any atom is 0.115 e. The maximum atomic E-state index is 10.1. The number of benzene rings is 1. The second-order valence-corrected chi connectivity index (χ2v) is 7.60. The van der Waals surface area contributed by atoms with E-state index in [1.54, 1.807) is 0 Å². The molecule has 0 heterocycles. The molecular weight excluding hydrogens is 282 g/mol. The molecule has 1 fully saturated rings. The van der Waals surface area contributed by atoms with Gasteiger partial charge in [0, 0.05) is 18.0 Å². The van der Waals surface area contributed by atoms with Crippen LogP contribution in [0.3, 0.4) is 0 Å². The molecule has 0 saturated heterocycles. The van der Waals surface area contributed by atoms with Gasteiger partial charge in [0.05, 0.1) is 0 Å². The molecule has 0 aromatic heterocycles. The summed E-state index contributed by atoms with van der Waals surface area (Å²) in [7, 11) is 2.25. The lowest BCUT2D eigenvalue weighted by Crippen LogP contribution is -2.54. The Bertz CT molecular complexity index is 563. The minimum absolute atomic E-state index is 0.263. The highest BCUT2D eigenvalue weighted by atomic mass is 16.3. The number of likely N-dealkylation sites (N-methyl/N-ethyl adjacent to an activating group) is 1. The summed E-state index contributed by atoms with van der Waals surface area (Å²) in [6.45, 7) is 7.20. The minimum atomic E-state index is 0.263. The van der Waals surface area contributed by atoms with Gasteiger partial charge in [0.15, 0.2) is 0 Å². The van der Waals surface area contributed by atoms with Crippen molar-refractivity contribution in [1.82, 2.24) is 4.90 Å². The van der Waals surface area contributed by atoms with Gasteiger partial charge >= 0.3 is 0 Å². The van der Waals surface area contributed by atoms with Gasteiger partial charge in [-0.25, -0.2) is 0 Å². The van der Waals surface area contributed by atoms with Crippen LogP contribution >= 0.6 is 0 Å². The summed E-state index contributed by atoms with van der Waals surface area (Å²) in [6, 6.07) is 6.71. The number of phenols is 1. The fourth-order valence-corrected chi connectivity index (χ4v) is 5.43. The number of fused-ring (bicyclic) bond motifs is 3. The largest absolute Gasteiger partial charge is 0.508 e. The number of aromatic hydroxyl groups is 1. The first-order valence-electron chi connectivity index (χ1n) is 9.26. The second-order valence-electron chi connectivity index (χ2n) is 7.60. The number of nitrogens with zero attached hydrogens (tertiary/aromatic N) is 1. The van der Waals surface area contributed by atoms with Crippen LogP contribution in [0, 0.1) is 5.92 Å². The average Bonchev–Trinajstić information content (AvgIpc) is 2.55. The first-order valence-corrected chi connectivity index (χ1v) is 9.26. The van der Waals surface area contributed by atoms with Crippen molar-refractivity contribution in [3.8, 4) is 5.75 Å². The molecule has 2 nitrogen and oxygen atoms in total. The molecule has 1 saturated carbocycles. The van der Waals surface area contributed by atoms with Gasteiger partial charge in [0.2, 0.25) is 0 Å². The van der Waals surface area contributed by atoms with E-state index >= 15 is 0 Å². The molecule has 1 aromatic rings. The number of rotatable bonds is 5. The minimum Gasteiger partial charge on any atom is -0.508 e. The van der Waals surface area contributed by atoms with E-state index in [9.17, 15) is 5.11 Å². The molecule has 0 aliphatic heterocycles. The smallest absolute Gasteiger partial charge is 0.115 e. The van der Waals surface area contributed by atoms with E-state index in [1.807, 2.05) is 12.1 Å². The average molecular weight is 313 g/mol. The molecule has 126 valence electrons. The van der Waals surface area contributed by atoms with Crippen molar-refractivity contribution >= 4 is 0 Å². The van der Waals surface area contributed by atoms with E-state index in [1.165, 1.54) is 49.7 Å². The Hall–Kier alpha value is -1.28. The molecule has 0 bridgehead atoms. The molecule has 1 aromatic carbocycles. The van der Waals surface area contributed by atoms with Crippen molar-refractivity contribution in [2.24, 2.45) is 5.92 Å². The van der Waals surface area contributed by atoms with Crippen LogP contribution in [0.1, 0.15) is 56.6 Å². The number of phenolic OH excluding ortho intramolecular Hbond substituents is 1. The van der Waals surface area contributed by atoms with Crippen molar-refractivity contribution in [1.29, 1.82) is 0 Å². The van der Waals surface area contributed by atoms with Crippen LogP contribution in [0.25, 0.3) is 0 Å². The van der Waals surface area contributed by atoms with Crippen LogP contribution < -0.4 is 0 Å². The lowest BCUT2D eigenvalue weighted by molar-refractivity contribution is 0.0579. The van der Waals surface area contributed by atoms with Crippen LogP contribution in [0.4, 0.5) is 0 Å². The Morgan fingerprint density at radius 2 is 2.22 bits per heavy atom. The van der Waals surface area contributed by atoms with E-state index < -0.39 is 0 Å². The Morgan fingerprint density at radius 3 is 2.96 bits per heavy atom. The molecular formula is C21H31NO. The third kappa shape index (κ3) is 2.82. The number of hydrogen-bond acceptors (Lipinski definition) is 2. The molecule has 0 spiro atoms. The summed E-state index contributed by atoms with van der Waals surface area (Å²) < 4.78 is 0. The zero-order chi connectivity index (χ0) is 16.4. The van der Waals surface area contributed by atoms with Crippen molar-refractivity contribution < 1.29 is 5.11 Å². The Morgan fingerprint density at radius 1 is 1.39 bits per heavy atom. The zero-order valence-electron chi connectivity index (χ0n) is 14.7. The third-order valence-corrected chi connectivity index (χ3v) is 6.30. The maximum absolute atomic E-state index is 10.1.